The number of benzene rings is 2. The van der Waals surface area contributed by atoms with Gasteiger partial charge in [0.2, 0.25) is 11.8 Å². The third-order valence-electron chi connectivity index (χ3n) is 5.63. The minimum Gasteiger partial charge on any atom is -0.497 e. The summed E-state index contributed by atoms with van der Waals surface area (Å²) in [5.74, 6) is -1.00. The van der Waals surface area contributed by atoms with Crippen molar-refractivity contribution in [3.05, 3.63) is 54.1 Å². The van der Waals surface area contributed by atoms with Gasteiger partial charge in [0, 0.05) is 21.4 Å². The number of hydrogen-bond donors (Lipinski definition) is 1. The zero-order valence-corrected chi connectivity index (χ0v) is 19.4. The first kappa shape index (κ1) is 21.1. The molecule has 4 atom stereocenters. The van der Waals surface area contributed by atoms with E-state index in [1.54, 1.807) is 55.6 Å². The van der Waals surface area contributed by atoms with Crippen LogP contribution in [-0.2, 0) is 9.59 Å². The minimum atomic E-state index is -0.397. The fourth-order valence-electron chi connectivity index (χ4n) is 4.09. The molecule has 1 saturated carbocycles. The average molecular weight is 536 g/mol. The van der Waals surface area contributed by atoms with Crippen molar-refractivity contribution in [3.8, 4) is 5.75 Å². The summed E-state index contributed by atoms with van der Waals surface area (Å²) in [6.07, 6.45) is 1.17. The van der Waals surface area contributed by atoms with E-state index in [2.05, 4.69) is 37.2 Å². The standard InChI is InChI=1S/C22H20Br2N2O4/c1-30-13-6-4-5-12(9-13)25-20(27)14-7-2-3-8-19(14)26-21(28)15-10-17(23)18(24)11-16(15)22(26)29/h2-9,15-18H,10-11H2,1H3,(H,25,27)/t15-,16+,17-,18-/m0/s1. The molecule has 30 heavy (non-hydrogen) atoms. The molecule has 1 aliphatic carbocycles. The normalized spacial score (nSPS) is 25.8. The highest BCUT2D eigenvalue weighted by Crippen LogP contribution is 2.44. The van der Waals surface area contributed by atoms with Crippen LogP contribution in [0.1, 0.15) is 23.2 Å². The number of nitrogens with zero attached hydrogens (tertiary/aromatic N) is 1. The lowest BCUT2D eigenvalue weighted by Gasteiger charge is -2.29. The van der Waals surface area contributed by atoms with Crippen molar-refractivity contribution in [1.29, 1.82) is 0 Å². The Balaban J connectivity index is 1.64. The van der Waals surface area contributed by atoms with Crippen molar-refractivity contribution in [2.45, 2.75) is 22.5 Å². The first-order chi connectivity index (χ1) is 14.4. The minimum absolute atomic E-state index is 0.127. The van der Waals surface area contributed by atoms with Crippen LogP contribution >= 0.6 is 31.9 Å². The van der Waals surface area contributed by atoms with Gasteiger partial charge in [-0.15, -0.1) is 0 Å². The summed E-state index contributed by atoms with van der Waals surface area (Å²) in [5, 5.41) is 2.82. The number of amides is 3. The number of halogens is 2. The molecule has 0 unspecified atom stereocenters. The first-order valence-electron chi connectivity index (χ1n) is 9.61. The SMILES string of the molecule is COc1cccc(NC(=O)c2ccccc2N2C(=O)[C@H]3C[C@H](Br)[C@@H](Br)C[C@H]3C2=O)c1. The molecule has 6 nitrogen and oxygen atoms in total. The van der Waals surface area contributed by atoms with Crippen LogP contribution in [0.5, 0.6) is 5.75 Å². The molecule has 0 bridgehead atoms. The number of methoxy groups -OCH3 is 1. The maximum atomic E-state index is 13.1. The van der Waals surface area contributed by atoms with Crippen LogP contribution in [0, 0.1) is 11.8 Å². The van der Waals surface area contributed by atoms with Gasteiger partial charge in [0.25, 0.3) is 5.91 Å². The first-order valence-corrected chi connectivity index (χ1v) is 11.4. The molecule has 2 aromatic rings. The molecule has 4 rings (SSSR count). The quantitative estimate of drug-likeness (QED) is 0.466. The largest absolute Gasteiger partial charge is 0.497 e. The lowest BCUT2D eigenvalue weighted by molar-refractivity contribution is -0.122. The second-order valence-electron chi connectivity index (χ2n) is 7.43. The van der Waals surface area contributed by atoms with Gasteiger partial charge in [-0.3, -0.25) is 14.4 Å². The van der Waals surface area contributed by atoms with Gasteiger partial charge in [-0.25, -0.2) is 4.90 Å². The molecule has 1 N–H and O–H groups in total. The number of hydrogen-bond acceptors (Lipinski definition) is 4. The van der Waals surface area contributed by atoms with E-state index in [0.29, 0.717) is 30.0 Å². The molecule has 156 valence electrons. The van der Waals surface area contributed by atoms with Crippen molar-refractivity contribution in [2.24, 2.45) is 11.8 Å². The maximum Gasteiger partial charge on any atom is 0.257 e. The van der Waals surface area contributed by atoms with Crippen LogP contribution in [0.4, 0.5) is 11.4 Å². The average Bonchev–Trinajstić information content (AvgIpc) is 2.98. The molecular weight excluding hydrogens is 516 g/mol. The number of para-hydroxylation sites is 1. The molecule has 1 heterocycles. The highest BCUT2D eigenvalue weighted by atomic mass is 79.9. The monoisotopic (exact) mass is 534 g/mol. The summed E-state index contributed by atoms with van der Waals surface area (Å²) < 4.78 is 5.19. The Morgan fingerprint density at radius 3 is 2.27 bits per heavy atom. The summed E-state index contributed by atoms with van der Waals surface area (Å²) in [5.41, 5.74) is 1.15. The Kier molecular flexibility index (Phi) is 5.97. The Bertz CT molecular complexity index is 984. The predicted octanol–water partition coefficient (Wildman–Crippen LogP) is 4.37. The van der Waals surface area contributed by atoms with Gasteiger partial charge < -0.3 is 10.1 Å². The van der Waals surface area contributed by atoms with Gasteiger partial charge in [0.05, 0.1) is 30.2 Å². The van der Waals surface area contributed by atoms with Gasteiger partial charge in [-0.05, 0) is 37.1 Å². The molecule has 1 aliphatic heterocycles. The summed E-state index contributed by atoms with van der Waals surface area (Å²) >= 11 is 7.19. The Labute approximate surface area is 191 Å². The lowest BCUT2D eigenvalue weighted by Crippen LogP contribution is -2.34. The van der Waals surface area contributed by atoms with E-state index in [1.165, 1.54) is 4.90 Å². The van der Waals surface area contributed by atoms with E-state index in [-0.39, 0.29) is 38.9 Å². The van der Waals surface area contributed by atoms with Gasteiger partial charge >= 0.3 is 0 Å². The van der Waals surface area contributed by atoms with Gasteiger partial charge in [-0.2, -0.15) is 0 Å². The van der Waals surface area contributed by atoms with E-state index in [4.69, 9.17) is 4.74 Å². The van der Waals surface area contributed by atoms with Crippen LogP contribution in [0.25, 0.3) is 0 Å². The number of alkyl halides is 2. The smallest absolute Gasteiger partial charge is 0.257 e. The lowest BCUT2D eigenvalue weighted by atomic mass is 9.81. The van der Waals surface area contributed by atoms with Crippen LogP contribution in [0.15, 0.2) is 48.5 Å². The van der Waals surface area contributed by atoms with Crippen molar-refractivity contribution in [1.82, 2.24) is 0 Å². The van der Waals surface area contributed by atoms with E-state index in [9.17, 15) is 14.4 Å². The second-order valence-corrected chi connectivity index (χ2v) is 9.78. The molecule has 2 fully saturated rings. The number of fused-ring (bicyclic) bond motifs is 1. The predicted molar refractivity (Wildman–Crippen MR) is 122 cm³/mol. The molecule has 2 aliphatic rings. The van der Waals surface area contributed by atoms with Crippen molar-refractivity contribution < 1.29 is 19.1 Å². The highest BCUT2D eigenvalue weighted by molar-refractivity contribution is 9.12. The number of ether oxygens (including phenoxy) is 1. The Morgan fingerprint density at radius 1 is 1.00 bits per heavy atom. The highest BCUT2D eigenvalue weighted by Gasteiger charge is 2.52. The van der Waals surface area contributed by atoms with E-state index in [1.807, 2.05) is 0 Å². The van der Waals surface area contributed by atoms with Crippen molar-refractivity contribution >= 4 is 61.0 Å². The molecule has 0 spiro atoms. The van der Waals surface area contributed by atoms with Crippen molar-refractivity contribution in [2.75, 3.05) is 17.3 Å². The number of nitrogens with one attached hydrogen (secondary N) is 1. The Morgan fingerprint density at radius 2 is 1.63 bits per heavy atom. The van der Waals surface area contributed by atoms with E-state index < -0.39 is 5.91 Å². The zero-order chi connectivity index (χ0) is 21.4. The van der Waals surface area contributed by atoms with E-state index >= 15 is 0 Å². The molecule has 0 radical (unpaired) electrons. The summed E-state index contributed by atoms with van der Waals surface area (Å²) in [4.78, 5) is 40.7. The number of imide groups is 1. The van der Waals surface area contributed by atoms with E-state index in [0.717, 1.165) is 0 Å². The van der Waals surface area contributed by atoms with Crippen LogP contribution in [-0.4, -0.2) is 34.5 Å². The molecule has 8 heteroatoms. The molecular formula is C22H20Br2N2O4. The fraction of sp³-hybridized carbons (Fsp3) is 0.318. The van der Waals surface area contributed by atoms with Crippen LogP contribution in [0.3, 0.4) is 0 Å². The summed E-state index contributed by atoms with van der Waals surface area (Å²) in [7, 11) is 1.55. The third-order valence-corrected chi connectivity index (χ3v) is 8.36. The number of anilines is 2. The maximum absolute atomic E-state index is 13.1. The van der Waals surface area contributed by atoms with Gasteiger partial charge in [0.1, 0.15) is 5.75 Å². The Hall–Kier alpha value is -2.19. The van der Waals surface area contributed by atoms with Crippen molar-refractivity contribution in [3.63, 3.8) is 0 Å². The third kappa shape index (κ3) is 3.78. The topological polar surface area (TPSA) is 75.7 Å². The molecule has 2 aromatic carbocycles. The second kappa shape index (κ2) is 8.51. The van der Waals surface area contributed by atoms with Crippen LogP contribution < -0.4 is 15.0 Å². The zero-order valence-electron chi connectivity index (χ0n) is 16.2. The van der Waals surface area contributed by atoms with Gasteiger partial charge in [-0.1, -0.05) is 50.1 Å². The fourth-order valence-corrected chi connectivity index (χ4v) is 5.33. The number of rotatable bonds is 4. The number of carbonyl (C=O) groups excluding carboxylic acids is 3. The molecule has 3 amide bonds. The summed E-state index contributed by atoms with van der Waals surface area (Å²) in [6, 6.07) is 13.7. The molecule has 1 saturated heterocycles. The summed E-state index contributed by atoms with van der Waals surface area (Å²) in [6.45, 7) is 0. The number of carbonyl (C=O) groups is 3. The molecule has 0 aromatic heterocycles. The van der Waals surface area contributed by atoms with Crippen LogP contribution in [0.2, 0.25) is 0 Å². The van der Waals surface area contributed by atoms with Gasteiger partial charge in [0.15, 0.2) is 0 Å².